The lowest BCUT2D eigenvalue weighted by Crippen LogP contribution is -2.56. The van der Waals surface area contributed by atoms with Gasteiger partial charge in [-0.05, 0) is 46.1 Å². The second-order valence-corrected chi connectivity index (χ2v) is 6.12. The molecule has 1 fully saturated rings. The van der Waals surface area contributed by atoms with Gasteiger partial charge in [0.15, 0.2) is 0 Å². The molecule has 2 unspecified atom stereocenters. The number of carbonyl (C=O) groups excluding carboxylic acids is 1. The van der Waals surface area contributed by atoms with E-state index >= 15 is 0 Å². The normalized spacial score (nSPS) is 25.8. The van der Waals surface area contributed by atoms with Gasteiger partial charge < -0.3 is 15.4 Å². The van der Waals surface area contributed by atoms with Crippen molar-refractivity contribution in [3.05, 3.63) is 0 Å². The first kappa shape index (κ1) is 14.3. The summed E-state index contributed by atoms with van der Waals surface area (Å²) >= 11 is 0. The predicted octanol–water partition coefficient (Wildman–Crippen LogP) is 2.29. The molecule has 1 aliphatic rings. The molecule has 0 aliphatic carbocycles. The van der Waals surface area contributed by atoms with E-state index in [1.807, 2.05) is 20.8 Å². The Bertz CT molecular complexity index is 259. The molecule has 1 rings (SSSR count). The smallest absolute Gasteiger partial charge is 0.407 e. The van der Waals surface area contributed by atoms with E-state index in [9.17, 15) is 4.79 Å². The van der Waals surface area contributed by atoms with Crippen molar-refractivity contribution in [2.24, 2.45) is 5.92 Å². The van der Waals surface area contributed by atoms with Gasteiger partial charge in [0.1, 0.15) is 5.60 Å². The molecule has 1 heterocycles. The highest BCUT2D eigenvalue weighted by molar-refractivity contribution is 5.68. The summed E-state index contributed by atoms with van der Waals surface area (Å²) < 4.78 is 5.29. The van der Waals surface area contributed by atoms with Crippen molar-refractivity contribution < 1.29 is 9.53 Å². The molecule has 0 saturated carbocycles. The maximum absolute atomic E-state index is 11.7. The third-order valence-electron chi connectivity index (χ3n) is 2.93. The molecule has 0 aromatic carbocycles. The van der Waals surface area contributed by atoms with Gasteiger partial charge in [0, 0.05) is 12.1 Å². The maximum Gasteiger partial charge on any atom is 0.407 e. The molecule has 4 heteroatoms. The van der Waals surface area contributed by atoms with Crippen LogP contribution in [-0.2, 0) is 4.74 Å². The van der Waals surface area contributed by atoms with Crippen molar-refractivity contribution in [3.63, 3.8) is 0 Å². The van der Waals surface area contributed by atoms with Crippen LogP contribution in [0.2, 0.25) is 0 Å². The summed E-state index contributed by atoms with van der Waals surface area (Å²) in [6.45, 7) is 11.0. The maximum atomic E-state index is 11.7. The lowest BCUT2D eigenvalue weighted by molar-refractivity contribution is 0.0473. The van der Waals surface area contributed by atoms with Crippen LogP contribution in [0.5, 0.6) is 0 Å². The van der Waals surface area contributed by atoms with Gasteiger partial charge in [0.05, 0.1) is 0 Å². The van der Waals surface area contributed by atoms with Crippen LogP contribution < -0.4 is 10.6 Å². The fourth-order valence-electron chi connectivity index (χ4n) is 2.23. The lowest BCUT2D eigenvalue weighted by atomic mass is 9.90. The molecule has 0 aromatic rings. The second-order valence-electron chi connectivity index (χ2n) is 6.12. The molecule has 0 bridgehead atoms. The van der Waals surface area contributed by atoms with Gasteiger partial charge in [-0.2, -0.15) is 0 Å². The first-order chi connectivity index (χ1) is 7.79. The molecule has 100 valence electrons. The molecule has 0 radical (unpaired) electrons. The average molecular weight is 242 g/mol. The van der Waals surface area contributed by atoms with Crippen molar-refractivity contribution in [3.8, 4) is 0 Å². The number of piperidine rings is 1. The van der Waals surface area contributed by atoms with Crippen LogP contribution in [0.4, 0.5) is 4.79 Å². The Morgan fingerprint density at radius 1 is 1.41 bits per heavy atom. The minimum Gasteiger partial charge on any atom is -0.444 e. The minimum atomic E-state index is -0.431. The number of rotatable bonds is 2. The number of amides is 1. The van der Waals surface area contributed by atoms with E-state index in [4.69, 9.17) is 4.74 Å². The van der Waals surface area contributed by atoms with Gasteiger partial charge in [-0.15, -0.1) is 0 Å². The number of hydrogen-bond donors (Lipinski definition) is 2. The highest BCUT2D eigenvalue weighted by Gasteiger charge is 2.29. The van der Waals surface area contributed by atoms with Crippen molar-refractivity contribution in [1.29, 1.82) is 0 Å². The molecule has 1 saturated heterocycles. The SMILES string of the molecule is CC(C)C1NCCCC1NC(=O)OC(C)(C)C. The monoisotopic (exact) mass is 242 g/mol. The number of nitrogens with one attached hydrogen (secondary N) is 2. The minimum absolute atomic E-state index is 0.179. The Morgan fingerprint density at radius 2 is 2.06 bits per heavy atom. The molecular weight excluding hydrogens is 216 g/mol. The lowest BCUT2D eigenvalue weighted by Gasteiger charge is -2.36. The summed E-state index contributed by atoms with van der Waals surface area (Å²) in [5.41, 5.74) is -0.431. The largest absolute Gasteiger partial charge is 0.444 e. The average Bonchev–Trinajstić information content (AvgIpc) is 2.14. The third kappa shape index (κ3) is 4.94. The molecule has 0 aromatic heterocycles. The molecule has 2 atom stereocenters. The van der Waals surface area contributed by atoms with Gasteiger partial charge >= 0.3 is 6.09 Å². The Kier molecular flexibility index (Phi) is 4.80. The zero-order valence-corrected chi connectivity index (χ0v) is 11.7. The van der Waals surface area contributed by atoms with Crippen molar-refractivity contribution in [2.45, 2.75) is 65.1 Å². The van der Waals surface area contributed by atoms with Gasteiger partial charge in [0.2, 0.25) is 0 Å². The van der Waals surface area contributed by atoms with Crippen LogP contribution in [0.1, 0.15) is 47.5 Å². The van der Waals surface area contributed by atoms with E-state index < -0.39 is 5.60 Å². The summed E-state index contributed by atoms with van der Waals surface area (Å²) in [5.74, 6) is 0.509. The number of alkyl carbamates (subject to hydrolysis) is 1. The fourth-order valence-corrected chi connectivity index (χ4v) is 2.23. The van der Waals surface area contributed by atoms with Crippen LogP contribution in [-0.4, -0.2) is 30.3 Å². The van der Waals surface area contributed by atoms with E-state index in [2.05, 4.69) is 24.5 Å². The molecule has 1 aliphatic heterocycles. The van der Waals surface area contributed by atoms with Gasteiger partial charge in [0.25, 0.3) is 0 Å². The van der Waals surface area contributed by atoms with Crippen LogP contribution in [0, 0.1) is 5.92 Å². The quantitative estimate of drug-likeness (QED) is 0.781. The number of ether oxygens (including phenoxy) is 1. The van der Waals surface area contributed by atoms with Crippen molar-refractivity contribution in [1.82, 2.24) is 10.6 Å². The third-order valence-corrected chi connectivity index (χ3v) is 2.93. The topological polar surface area (TPSA) is 50.4 Å². The molecule has 4 nitrogen and oxygen atoms in total. The highest BCUT2D eigenvalue weighted by Crippen LogP contribution is 2.16. The molecule has 0 spiro atoms. The Labute approximate surface area is 104 Å². The number of carbonyl (C=O) groups is 1. The van der Waals surface area contributed by atoms with Crippen LogP contribution in [0.15, 0.2) is 0 Å². The summed E-state index contributed by atoms with van der Waals surface area (Å²) in [7, 11) is 0. The van der Waals surface area contributed by atoms with Crippen molar-refractivity contribution in [2.75, 3.05) is 6.54 Å². The summed E-state index contributed by atoms with van der Waals surface area (Å²) in [5, 5.41) is 6.45. The standard InChI is InChI=1S/C13H26N2O2/c1-9(2)11-10(7-6-8-14-11)15-12(16)17-13(3,4)5/h9-11,14H,6-8H2,1-5H3,(H,15,16). The van der Waals surface area contributed by atoms with Crippen molar-refractivity contribution >= 4 is 6.09 Å². The highest BCUT2D eigenvalue weighted by atomic mass is 16.6. The van der Waals surface area contributed by atoms with Gasteiger partial charge in [-0.25, -0.2) is 4.79 Å². The van der Waals surface area contributed by atoms with E-state index in [1.165, 1.54) is 0 Å². The zero-order chi connectivity index (χ0) is 13.1. The van der Waals surface area contributed by atoms with E-state index in [-0.39, 0.29) is 12.1 Å². The Balaban J connectivity index is 2.50. The van der Waals surface area contributed by atoms with Gasteiger partial charge in [-0.1, -0.05) is 13.8 Å². The van der Waals surface area contributed by atoms with E-state index in [1.54, 1.807) is 0 Å². The predicted molar refractivity (Wildman–Crippen MR) is 69.0 cm³/mol. The molecule has 2 N–H and O–H groups in total. The summed E-state index contributed by atoms with van der Waals surface area (Å²) in [6.07, 6.45) is 1.82. The first-order valence-electron chi connectivity index (χ1n) is 6.52. The molecular formula is C13H26N2O2. The van der Waals surface area contributed by atoms with Crippen LogP contribution in [0.25, 0.3) is 0 Å². The first-order valence-corrected chi connectivity index (χ1v) is 6.52. The second kappa shape index (κ2) is 5.71. The van der Waals surface area contributed by atoms with Gasteiger partial charge in [-0.3, -0.25) is 0 Å². The van der Waals surface area contributed by atoms with Crippen LogP contribution >= 0.6 is 0 Å². The zero-order valence-electron chi connectivity index (χ0n) is 11.7. The van der Waals surface area contributed by atoms with E-state index in [0.717, 1.165) is 19.4 Å². The summed E-state index contributed by atoms with van der Waals surface area (Å²) in [4.78, 5) is 11.7. The Hall–Kier alpha value is -0.770. The number of hydrogen-bond acceptors (Lipinski definition) is 3. The molecule has 1 amide bonds. The fraction of sp³-hybridized carbons (Fsp3) is 0.923. The van der Waals surface area contributed by atoms with E-state index in [0.29, 0.717) is 12.0 Å². The van der Waals surface area contributed by atoms with Crippen LogP contribution in [0.3, 0.4) is 0 Å². The Morgan fingerprint density at radius 3 is 2.59 bits per heavy atom. The summed E-state index contributed by atoms with van der Waals surface area (Å²) in [6, 6.07) is 0.523. The molecule has 17 heavy (non-hydrogen) atoms.